The molecule has 7 heterocycles. The number of carbonyl (C=O) groups is 8. The van der Waals surface area contributed by atoms with Gasteiger partial charge < -0.3 is 89.9 Å². The third-order valence-corrected chi connectivity index (χ3v) is 25.7. The van der Waals surface area contributed by atoms with Gasteiger partial charge in [0.05, 0.1) is 93.9 Å². The number of methoxy groups -OCH3 is 5. The first-order valence-electron chi connectivity index (χ1n) is 45.4. The molecule has 3 aliphatic rings. The first-order chi connectivity index (χ1) is 63.9. The van der Waals surface area contributed by atoms with E-state index in [9.17, 15) is 33.6 Å². The zero-order chi connectivity index (χ0) is 105. The van der Waals surface area contributed by atoms with Crippen molar-refractivity contribution in [2.45, 2.75) is 263 Å². The lowest BCUT2D eigenvalue weighted by Gasteiger charge is -2.32. The second-order valence-corrected chi connectivity index (χ2v) is 45.2. The van der Waals surface area contributed by atoms with Gasteiger partial charge in [0, 0.05) is 108 Å². The number of imidazole rings is 3. The molecule has 756 valence electrons. The van der Waals surface area contributed by atoms with E-state index in [1.165, 1.54) is 33.5 Å². The van der Waals surface area contributed by atoms with Gasteiger partial charge in [0.2, 0.25) is 18.7 Å². The number of hydrogen-bond acceptors (Lipinski definition) is 19. The molecule has 0 saturated carbocycles. The van der Waals surface area contributed by atoms with Crippen LogP contribution in [-0.2, 0) is 96.8 Å². The van der Waals surface area contributed by atoms with E-state index in [1.54, 1.807) is 93.1 Å². The van der Waals surface area contributed by atoms with E-state index in [1.807, 2.05) is 137 Å². The van der Waals surface area contributed by atoms with Gasteiger partial charge in [-0.25, -0.2) is 19.7 Å². The third kappa shape index (κ3) is 31.5. The van der Waals surface area contributed by atoms with Crippen LogP contribution in [0.15, 0.2) is 122 Å². The Labute approximate surface area is 849 Å². The van der Waals surface area contributed by atoms with Crippen molar-refractivity contribution in [2.24, 2.45) is 27.7 Å². The number of halogens is 4. The molecule has 4 aromatic heterocycles. The zero-order valence-electron chi connectivity index (χ0n) is 86.2. The van der Waals surface area contributed by atoms with Crippen molar-refractivity contribution in [3.63, 3.8) is 0 Å². The molecule has 0 unspecified atom stereocenters. The molecule has 5 amide bonds. The SMILES string of the molecule is CC(C)(C)[C@H](N)C(=O)O.CC(C)(C)[C@H](NC=O)C(=O)O.COc1cc(CCN)ccc1Br.COc1cc(CCNC(=O)[C@@H](NC=O)C(C)(C)C)ccc1Br.COc1cc2c(cc1-c1cccnc1)-c1c(C(C)(C)C)nc(C(=O)N(C)C(C)(C)C)n1CC2.COc1cc2c(cc1Br)-c1c(C(C)(C)C)nc(C(=O)N(C)C(C)(C)C)n1CC2.COc1cc2c(cc1Br)-c1c(C(C)(C)C)ncn1CC2.O=CO. The number of carbonyl (C=O) groups excluding carboxylic acids is 5. The van der Waals surface area contributed by atoms with Crippen LogP contribution in [0.2, 0.25) is 0 Å². The van der Waals surface area contributed by atoms with E-state index in [4.69, 9.17) is 65.2 Å². The highest BCUT2D eigenvalue weighted by molar-refractivity contribution is 9.11. The number of nitrogens with two attached hydrogens (primary N) is 2. The average molecular weight is 2170 g/mol. The van der Waals surface area contributed by atoms with E-state index in [0.717, 1.165) is 142 Å². The Morgan fingerprint density at radius 1 is 0.486 bits per heavy atom. The van der Waals surface area contributed by atoms with Gasteiger partial charge in [0.15, 0.2) is 11.6 Å². The summed E-state index contributed by atoms with van der Waals surface area (Å²) in [5.41, 5.74) is 26.6. The van der Waals surface area contributed by atoms with Crippen molar-refractivity contribution in [1.29, 1.82) is 0 Å². The first kappa shape index (κ1) is 118. The van der Waals surface area contributed by atoms with Gasteiger partial charge in [0.1, 0.15) is 46.9 Å². The van der Waals surface area contributed by atoms with Crippen LogP contribution in [0.3, 0.4) is 0 Å². The van der Waals surface area contributed by atoms with Crippen molar-refractivity contribution < 1.29 is 77.4 Å². The number of aromatic nitrogens is 7. The minimum atomic E-state index is -1.01. The second kappa shape index (κ2) is 50.0. The Kier molecular flexibility index (Phi) is 42.8. The van der Waals surface area contributed by atoms with E-state index in [-0.39, 0.29) is 62.3 Å². The summed E-state index contributed by atoms with van der Waals surface area (Å²) in [7, 11) is 12.1. The standard InChI is InChI=1S/C27H34N4O2.C22H30BrN3O2.C16H23BrN2O3.C16H19BrN2O.C9H12BrNO.C7H13NO3.C6H13NO2.CH2O2/c1-26(2,3)23-22-20-15-19(18-10-9-12-28-16-18)21(33-8)14-17(20)11-13-31(22)24(29-23)25(32)30(7)27(4,5)6;1-21(2,3)18-17-14-12-15(23)16(28-8)11-13(14)9-10-26(17)19(24-18)20(27)25(7)22(4,5)6;1-16(2,3)14(19-10-20)15(21)18-8-7-11-5-6-12(17)13(9-11)22-4;1-16(2,3)15-14-11-8-12(17)13(20-4)7-10(11)5-6-19(14)9-18-15;1-12-9-6-7(4-5-11)2-3-8(9)10;1-7(2,3)5(6(10)11)8-4-9;1-6(2,3)4(7)5(8)9;2-1-3/h9-10,12,14-16H,11,13H2,1-8H3;11-12H,9-10H2,1-8H3;5-6,9-10,14H,7-8H2,1-4H3,(H,18,21)(H,19,20);7-9H,5-6H2,1-4H3;2-3,6H,4-5,11H2,1H3;4-5H,1-3H3,(H,8,9)(H,10,11);4H,7H2,1-3H3,(H,8,9);1H,(H,2,3)/t;;14-;;;5-;4-;/m..1..11./s1. The molecule has 5 aromatic carbocycles. The third-order valence-electron chi connectivity index (χ3n) is 23.1. The largest absolute Gasteiger partial charge is 0.496 e. The van der Waals surface area contributed by atoms with Crippen LogP contribution in [0.1, 0.15) is 232 Å². The van der Waals surface area contributed by atoms with Crippen molar-refractivity contribution in [1.82, 2.24) is 59.4 Å². The highest BCUT2D eigenvalue weighted by Crippen LogP contribution is 2.47. The molecule has 9 aromatic rings. The summed E-state index contributed by atoms with van der Waals surface area (Å²) in [5, 5.41) is 31.6. The van der Waals surface area contributed by atoms with Crippen molar-refractivity contribution in [2.75, 3.05) is 62.7 Å². The Morgan fingerprint density at radius 2 is 0.870 bits per heavy atom. The number of nitrogens with zero attached hydrogens (tertiary/aromatic N) is 9. The molecule has 34 heteroatoms. The molecule has 3 atom stereocenters. The Balaban J connectivity index is 0.000000294. The highest BCUT2D eigenvalue weighted by Gasteiger charge is 2.40. The first-order valence-corrected chi connectivity index (χ1v) is 48.6. The lowest BCUT2D eigenvalue weighted by atomic mass is 9.85. The van der Waals surface area contributed by atoms with Gasteiger partial charge in [-0.05, 0) is 255 Å². The Morgan fingerprint density at radius 3 is 1.21 bits per heavy atom. The molecular formula is C104H146Br4N14O16. The number of rotatable bonds is 20. The predicted octanol–water partition coefficient (Wildman–Crippen LogP) is 19.2. The maximum absolute atomic E-state index is 13.5. The summed E-state index contributed by atoms with van der Waals surface area (Å²) in [6, 6.07) is 26.5. The van der Waals surface area contributed by atoms with Crippen LogP contribution in [0.4, 0.5) is 0 Å². The highest BCUT2D eigenvalue weighted by atomic mass is 79.9. The number of pyridine rings is 1. The van der Waals surface area contributed by atoms with Gasteiger partial charge in [-0.1, -0.05) is 143 Å². The number of aryl methyl sites for hydroxylation is 4. The molecule has 0 bridgehead atoms. The number of benzene rings is 5. The fourth-order valence-corrected chi connectivity index (χ4v) is 16.6. The fourth-order valence-electron chi connectivity index (χ4n) is 14.8. The summed E-state index contributed by atoms with van der Waals surface area (Å²) in [6.45, 7) is 51.5. The molecule has 30 nitrogen and oxygen atoms in total. The topological polar surface area (TPSA) is 404 Å². The van der Waals surface area contributed by atoms with Gasteiger partial charge in [0.25, 0.3) is 18.3 Å². The number of fused-ring (bicyclic) bond motifs is 9. The minimum absolute atomic E-state index is 0.0414. The monoisotopic (exact) mass is 2160 g/mol. The molecule has 12 rings (SSSR count). The maximum atomic E-state index is 13.5. The fraction of sp³-hybridized carbons (Fsp3) is 0.500. The molecule has 0 radical (unpaired) electrons. The molecule has 138 heavy (non-hydrogen) atoms. The van der Waals surface area contributed by atoms with Gasteiger partial charge in [-0.2, -0.15) is 0 Å². The van der Waals surface area contributed by atoms with Crippen LogP contribution >= 0.6 is 63.7 Å². The normalized spacial score (nSPS) is 13.0. The molecule has 0 fully saturated rings. The van der Waals surface area contributed by atoms with Crippen LogP contribution in [0, 0.1) is 16.2 Å². The summed E-state index contributed by atoms with van der Waals surface area (Å²) < 4.78 is 37.3. The van der Waals surface area contributed by atoms with Gasteiger partial charge in [-0.15, -0.1) is 0 Å². The molecule has 3 aliphatic heterocycles. The molecule has 10 N–H and O–H groups in total. The van der Waals surface area contributed by atoms with Gasteiger partial charge in [-0.3, -0.25) is 38.5 Å². The van der Waals surface area contributed by atoms with E-state index >= 15 is 0 Å². The number of ether oxygens (including phenoxy) is 5. The Bertz CT molecular complexity index is 5680. The summed E-state index contributed by atoms with van der Waals surface area (Å²) in [6.07, 6.45) is 10.8. The van der Waals surface area contributed by atoms with Crippen LogP contribution in [-0.4, -0.2) is 200 Å². The molecule has 0 spiro atoms. The second-order valence-electron chi connectivity index (χ2n) is 41.8. The minimum Gasteiger partial charge on any atom is -0.496 e. The van der Waals surface area contributed by atoms with E-state index in [2.05, 4.69) is 202 Å². The number of aliphatic carboxylic acids is 2. The lowest BCUT2D eigenvalue weighted by molar-refractivity contribution is -0.143. The molecule has 0 aliphatic carbocycles. The van der Waals surface area contributed by atoms with Gasteiger partial charge >= 0.3 is 11.9 Å². The number of carboxylic acid groups (broad SMARTS) is 3. The van der Waals surface area contributed by atoms with Crippen molar-refractivity contribution >= 4 is 113 Å². The lowest BCUT2D eigenvalue weighted by Crippen LogP contribution is -2.51. The summed E-state index contributed by atoms with van der Waals surface area (Å²) >= 11 is 14.0. The quantitative estimate of drug-likeness (QED) is 0.0329. The number of hydrogen-bond donors (Lipinski definition) is 8. The Hall–Kier alpha value is -10.5. The van der Waals surface area contributed by atoms with Crippen LogP contribution < -0.4 is 51.1 Å². The molecule has 0 saturated heterocycles. The van der Waals surface area contributed by atoms with Crippen LogP contribution in [0.25, 0.3) is 44.9 Å². The zero-order valence-corrected chi connectivity index (χ0v) is 92.5. The number of nitrogens with one attached hydrogen (secondary N) is 3. The maximum Gasteiger partial charge on any atom is 0.326 e. The van der Waals surface area contributed by atoms with E-state index in [0.29, 0.717) is 50.5 Å². The smallest absolute Gasteiger partial charge is 0.326 e. The number of amides is 5. The summed E-state index contributed by atoms with van der Waals surface area (Å²) in [5.74, 6) is 2.99. The van der Waals surface area contributed by atoms with E-state index < -0.39 is 35.5 Å². The average Bonchev–Trinajstić information content (AvgIpc) is 1.58. The predicted molar refractivity (Wildman–Crippen MR) is 559 cm³/mol. The molecular weight excluding hydrogens is 2020 g/mol. The van der Waals surface area contributed by atoms with Crippen molar-refractivity contribution in [3.8, 4) is 73.6 Å². The van der Waals surface area contributed by atoms with Crippen LogP contribution in [0.5, 0.6) is 28.7 Å². The van der Waals surface area contributed by atoms with Crippen molar-refractivity contribution in [3.05, 3.63) is 178 Å². The number of carboxylic acids is 2. The summed E-state index contributed by atoms with van der Waals surface area (Å²) in [4.78, 5) is 111.